The van der Waals surface area contributed by atoms with Gasteiger partial charge in [-0.15, -0.1) is 0 Å². The molecule has 4 aliphatic rings. The number of rotatable bonds is 8. The zero-order chi connectivity index (χ0) is 41.9. The van der Waals surface area contributed by atoms with Crippen molar-refractivity contribution in [3.63, 3.8) is 0 Å². The van der Waals surface area contributed by atoms with Crippen LogP contribution in [0.1, 0.15) is 72.6 Å². The number of sulfonamides is 1. The van der Waals surface area contributed by atoms with E-state index in [-0.39, 0.29) is 48.8 Å². The molecule has 1 aromatic carbocycles. The number of halogens is 4. The maximum atomic E-state index is 14.9. The van der Waals surface area contributed by atoms with Gasteiger partial charge in [-0.05, 0) is 57.4 Å². The molecule has 0 bridgehead atoms. The normalized spacial score (nSPS) is 29.2. The molecule has 6 rings (SSSR count). The van der Waals surface area contributed by atoms with Crippen molar-refractivity contribution >= 4 is 44.6 Å². The summed E-state index contributed by atoms with van der Waals surface area (Å²) in [5, 5.41) is 11.5. The first kappa shape index (κ1) is 41.9. The molecule has 14 nitrogen and oxygen atoms in total. The van der Waals surface area contributed by atoms with Crippen LogP contribution >= 0.6 is 0 Å². The number of carbonyl (C=O) groups excluding carboxylic acids is 3. The van der Waals surface area contributed by atoms with Crippen LogP contribution in [0, 0.1) is 17.8 Å². The van der Waals surface area contributed by atoms with Crippen LogP contribution in [0.4, 0.5) is 22.4 Å². The Hall–Kier alpha value is -4.68. The van der Waals surface area contributed by atoms with E-state index in [0.717, 1.165) is 4.90 Å². The second-order valence-electron chi connectivity index (χ2n) is 16.2. The molecular weight excluding hydrogens is 779 g/mol. The molecule has 7 atom stereocenters. The lowest BCUT2D eigenvalue weighted by molar-refractivity contribution is -0.222. The molecule has 0 radical (unpaired) electrons. The first-order chi connectivity index (χ1) is 26.6. The van der Waals surface area contributed by atoms with Gasteiger partial charge in [0.25, 0.3) is 15.9 Å². The second kappa shape index (κ2) is 14.9. The predicted octanol–water partition coefficient (Wildman–Crippen LogP) is 5.07. The second-order valence-corrected chi connectivity index (χ2v) is 18.2. The van der Waals surface area contributed by atoms with Crippen LogP contribution < -0.4 is 19.5 Å². The fourth-order valence-corrected chi connectivity index (χ4v) is 9.28. The zero-order valence-corrected chi connectivity index (χ0v) is 33.0. The number of benzene rings is 1. The number of pyridine rings is 1. The Morgan fingerprint density at radius 1 is 1.11 bits per heavy atom. The summed E-state index contributed by atoms with van der Waals surface area (Å²) in [7, 11) is -3.32. The Balaban J connectivity index is 1.43. The van der Waals surface area contributed by atoms with Crippen molar-refractivity contribution in [3.8, 4) is 11.6 Å². The van der Waals surface area contributed by atoms with Gasteiger partial charge in [0.05, 0.1) is 19.9 Å². The highest BCUT2D eigenvalue weighted by Gasteiger charge is 2.65. The van der Waals surface area contributed by atoms with E-state index in [1.54, 1.807) is 41.1 Å². The van der Waals surface area contributed by atoms with Crippen molar-refractivity contribution in [2.24, 2.45) is 17.8 Å². The van der Waals surface area contributed by atoms with E-state index in [9.17, 15) is 50.3 Å². The van der Waals surface area contributed by atoms with Crippen LogP contribution in [0.2, 0.25) is 0 Å². The smallest absolute Gasteiger partial charge is 0.411 e. The average molecular weight is 826 g/mol. The Morgan fingerprint density at radius 3 is 2.39 bits per heavy atom. The minimum Gasteiger partial charge on any atom is -0.494 e. The number of hydrogen-bond donors (Lipinski definition) is 3. The largest absolute Gasteiger partial charge is 0.494 e. The summed E-state index contributed by atoms with van der Waals surface area (Å²) in [5.74, 6) is -4.67. The first-order valence-corrected chi connectivity index (χ1v) is 20.3. The Bertz CT molecular complexity index is 2080. The lowest BCUT2D eigenvalue weighted by atomic mass is 9.85. The molecular formula is C38H47F4N5O9S. The van der Waals surface area contributed by atoms with Gasteiger partial charge in [0.2, 0.25) is 22.7 Å². The molecule has 0 unspecified atom stereocenters. The molecule has 2 aliphatic carbocycles. The maximum Gasteiger partial charge on any atom is 0.411 e. The third-order valence-corrected chi connectivity index (χ3v) is 13.6. The van der Waals surface area contributed by atoms with Crippen LogP contribution in [0.25, 0.3) is 10.8 Å². The number of nitrogens with zero attached hydrogens (tertiary/aromatic N) is 3. The van der Waals surface area contributed by atoms with E-state index in [0.29, 0.717) is 43.2 Å². The van der Waals surface area contributed by atoms with Crippen molar-refractivity contribution in [1.29, 1.82) is 0 Å². The molecule has 2 aromatic rings. The molecule has 57 heavy (non-hydrogen) atoms. The van der Waals surface area contributed by atoms with Gasteiger partial charge in [-0.2, -0.15) is 13.2 Å². The van der Waals surface area contributed by atoms with E-state index in [1.807, 2.05) is 6.92 Å². The summed E-state index contributed by atoms with van der Waals surface area (Å²) < 4.78 is 97.9. The van der Waals surface area contributed by atoms with Gasteiger partial charge >= 0.3 is 12.3 Å². The van der Waals surface area contributed by atoms with Crippen molar-refractivity contribution < 1.29 is 59.7 Å². The predicted molar refractivity (Wildman–Crippen MR) is 197 cm³/mol. The van der Waals surface area contributed by atoms with E-state index < -0.39 is 92.7 Å². The van der Waals surface area contributed by atoms with Gasteiger partial charge in [-0.3, -0.25) is 19.3 Å². The number of allylic oxidation sites excluding steroid dienone is 1. The molecule has 1 aromatic heterocycles. The monoisotopic (exact) mass is 825 g/mol. The number of carbonyl (C=O) groups is 4. The highest BCUT2D eigenvalue weighted by molar-refractivity contribution is 7.91. The lowest BCUT2D eigenvalue weighted by Gasteiger charge is -2.45. The number of hydrogen-bond acceptors (Lipinski definition) is 9. The number of ether oxygens (including phenoxy) is 2. The Morgan fingerprint density at radius 2 is 1.77 bits per heavy atom. The van der Waals surface area contributed by atoms with Crippen molar-refractivity contribution in [1.82, 2.24) is 24.8 Å². The van der Waals surface area contributed by atoms with Gasteiger partial charge in [-0.25, -0.2) is 27.3 Å². The zero-order valence-electron chi connectivity index (χ0n) is 32.1. The summed E-state index contributed by atoms with van der Waals surface area (Å²) in [6.07, 6.45) is -3.34. The molecule has 4 amide bonds. The van der Waals surface area contributed by atoms with Gasteiger partial charge in [0.15, 0.2) is 0 Å². The van der Waals surface area contributed by atoms with Crippen LogP contribution in [0.3, 0.4) is 0 Å². The molecule has 312 valence electrons. The first-order valence-electron chi connectivity index (χ1n) is 18.8. The van der Waals surface area contributed by atoms with Crippen molar-refractivity contribution in [2.75, 3.05) is 13.7 Å². The fraction of sp³-hybridized carbons (Fsp3) is 0.605. The topological polar surface area (TPSA) is 185 Å². The maximum absolute atomic E-state index is 14.9. The molecule has 3 fully saturated rings. The number of aromatic nitrogens is 1. The van der Waals surface area contributed by atoms with Gasteiger partial charge < -0.3 is 24.8 Å². The molecule has 3 N–H and O–H groups in total. The third-order valence-electron chi connectivity index (χ3n) is 11.7. The Kier molecular flexibility index (Phi) is 11.0. The van der Waals surface area contributed by atoms with Crippen LogP contribution in [0.5, 0.6) is 11.6 Å². The lowest BCUT2D eigenvalue weighted by Crippen LogP contribution is -2.66. The van der Waals surface area contributed by atoms with Gasteiger partial charge in [-0.1, -0.05) is 44.2 Å². The van der Waals surface area contributed by atoms with E-state index in [4.69, 9.17) is 9.47 Å². The highest BCUT2D eigenvalue weighted by atomic mass is 32.2. The van der Waals surface area contributed by atoms with E-state index >= 15 is 0 Å². The molecule has 19 heteroatoms. The molecule has 0 spiro atoms. The Labute approximate surface area is 327 Å². The molecule has 1 saturated heterocycles. The molecule has 3 heterocycles. The van der Waals surface area contributed by atoms with Gasteiger partial charge in [0, 0.05) is 36.0 Å². The summed E-state index contributed by atoms with van der Waals surface area (Å²) in [6.45, 7) is 4.23. The standard InChI is InChI=1S/C38H47F4N5O9S/c1-21-10-6-7-11-23-18-37(23,33(50)45-57(53,54)36(39)14-15-36)44-30(48)27-17-24(56-31-26-13-9-8-12-25(26)28(55-5)19-43-31)20-46(27)32(49)29(22(2)16-21)47(34(51)52)35(3,4)38(40,41)42/h7-9,11-13,19,21-24,27,29H,6,10,14-18,20H2,1-5H3,(H,44,48)(H,45,50)(H,51,52)/t21-,22-,23-,24-,27+,29+,37-/m1/s1. The van der Waals surface area contributed by atoms with Crippen LogP contribution in [-0.2, 0) is 24.4 Å². The number of amides is 4. The number of alkyl halides is 4. The molecule has 2 aliphatic heterocycles. The number of nitrogens with one attached hydrogen (secondary N) is 2. The van der Waals surface area contributed by atoms with Crippen molar-refractivity contribution in [3.05, 3.63) is 42.6 Å². The summed E-state index contributed by atoms with van der Waals surface area (Å²) in [5.41, 5.74) is -4.94. The number of fused-ring (bicyclic) bond motifs is 3. The fourth-order valence-electron chi connectivity index (χ4n) is 8.03. The SMILES string of the molecule is COc1cnc(O[C@@H]2C[C@H]3C(=O)N[C@]4(C(=O)NS(=O)(=O)C5(F)CC5)C[C@H]4C=CCC[C@@H](C)C[C@@H](C)[C@H](N(C(=O)O)C(C)(C)C(F)(F)F)C(=O)N3C2)c2ccccc12. The van der Waals surface area contributed by atoms with Crippen LogP contribution in [0.15, 0.2) is 42.6 Å². The average Bonchev–Trinajstić information content (AvgIpc) is 4.01. The minimum absolute atomic E-state index is 0.0694. The van der Waals surface area contributed by atoms with E-state index in [1.165, 1.54) is 20.2 Å². The summed E-state index contributed by atoms with van der Waals surface area (Å²) in [6, 6.07) is 3.46. The van der Waals surface area contributed by atoms with Crippen LogP contribution in [-0.4, -0.2) is 106 Å². The van der Waals surface area contributed by atoms with E-state index in [2.05, 4.69) is 10.3 Å². The summed E-state index contributed by atoms with van der Waals surface area (Å²) in [4.78, 5) is 61.4. The number of methoxy groups -OCH3 is 1. The quantitative estimate of drug-likeness (QED) is 0.240. The number of carboxylic acid groups (broad SMARTS) is 1. The van der Waals surface area contributed by atoms with Gasteiger partial charge in [0.1, 0.15) is 35.0 Å². The third kappa shape index (κ3) is 7.82. The minimum atomic E-state index is -5.12. The summed E-state index contributed by atoms with van der Waals surface area (Å²) >= 11 is 0. The highest BCUT2D eigenvalue weighted by Crippen LogP contribution is 2.48. The van der Waals surface area contributed by atoms with Crippen molar-refractivity contribution in [2.45, 2.75) is 113 Å². The molecule has 2 saturated carbocycles.